The SMILES string of the molecule is COC(=O)c1cc(NC(=O)C2=NNC(=O)CC2)ccc1F. The molecule has 110 valence electrons. The summed E-state index contributed by atoms with van der Waals surface area (Å²) >= 11 is 0. The molecule has 0 bridgehead atoms. The van der Waals surface area contributed by atoms with Crippen molar-refractivity contribution in [3.05, 3.63) is 29.6 Å². The van der Waals surface area contributed by atoms with Gasteiger partial charge in [-0.25, -0.2) is 14.6 Å². The first-order chi connectivity index (χ1) is 10.0. The van der Waals surface area contributed by atoms with Gasteiger partial charge in [0.25, 0.3) is 5.91 Å². The van der Waals surface area contributed by atoms with Crippen LogP contribution in [0.15, 0.2) is 23.3 Å². The number of anilines is 1. The molecular weight excluding hydrogens is 281 g/mol. The second kappa shape index (κ2) is 6.12. The molecule has 0 radical (unpaired) electrons. The highest BCUT2D eigenvalue weighted by Gasteiger charge is 2.19. The molecule has 0 atom stereocenters. The van der Waals surface area contributed by atoms with E-state index in [0.717, 1.165) is 13.2 Å². The van der Waals surface area contributed by atoms with Crippen molar-refractivity contribution >= 4 is 29.2 Å². The number of benzene rings is 1. The number of nitrogens with one attached hydrogen (secondary N) is 2. The van der Waals surface area contributed by atoms with Gasteiger partial charge < -0.3 is 10.1 Å². The lowest BCUT2D eigenvalue weighted by molar-refractivity contribution is -0.121. The van der Waals surface area contributed by atoms with E-state index < -0.39 is 17.7 Å². The number of carbonyl (C=O) groups is 3. The second-order valence-corrected chi connectivity index (χ2v) is 4.23. The predicted octanol–water partition coefficient (Wildman–Crippen LogP) is 0.817. The quantitative estimate of drug-likeness (QED) is 0.806. The Balaban J connectivity index is 2.14. The van der Waals surface area contributed by atoms with Gasteiger partial charge in [-0.3, -0.25) is 9.59 Å². The number of halogens is 1. The molecular formula is C13H12FN3O4. The van der Waals surface area contributed by atoms with Crippen molar-refractivity contribution < 1.29 is 23.5 Å². The molecule has 2 amide bonds. The van der Waals surface area contributed by atoms with E-state index >= 15 is 0 Å². The number of carbonyl (C=O) groups excluding carboxylic acids is 3. The van der Waals surface area contributed by atoms with E-state index in [1.807, 2.05) is 0 Å². The minimum atomic E-state index is -0.842. The summed E-state index contributed by atoms with van der Waals surface area (Å²) in [5.41, 5.74) is 2.29. The molecule has 0 spiro atoms. The summed E-state index contributed by atoms with van der Waals surface area (Å²) in [5.74, 6) is -2.38. The van der Waals surface area contributed by atoms with Crippen molar-refractivity contribution in [3.63, 3.8) is 0 Å². The number of amides is 2. The van der Waals surface area contributed by atoms with E-state index in [4.69, 9.17) is 0 Å². The summed E-state index contributed by atoms with van der Waals surface area (Å²) in [6.07, 6.45) is 0.381. The molecule has 1 heterocycles. The third-order valence-corrected chi connectivity index (χ3v) is 2.80. The van der Waals surface area contributed by atoms with Crippen LogP contribution in [0.25, 0.3) is 0 Å². The minimum Gasteiger partial charge on any atom is -0.465 e. The lowest BCUT2D eigenvalue weighted by Gasteiger charge is -2.12. The number of esters is 1. The Morgan fingerprint density at radius 1 is 1.38 bits per heavy atom. The first kappa shape index (κ1) is 14.6. The van der Waals surface area contributed by atoms with E-state index in [2.05, 4.69) is 20.6 Å². The van der Waals surface area contributed by atoms with Crippen molar-refractivity contribution in [2.75, 3.05) is 12.4 Å². The summed E-state index contributed by atoms with van der Waals surface area (Å²) < 4.78 is 17.9. The van der Waals surface area contributed by atoms with E-state index in [0.29, 0.717) is 0 Å². The summed E-state index contributed by atoms with van der Waals surface area (Å²) in [5, 5.41) is 6.11. The minimum absolute atomic E-state index is 0.151. The first-order valence-corrected chi connectivity index (χ1v) is 6.06. The standard InChI is InChI=1S/C13H12FN3O4/c1-21-13(20)8-6-7(2-3-9(8)14)15-12(19)10-4-5-11(18)17-16-10/h2-3,6H,4-5H2,1H3,(H,15,19)(H,17,18). The molecule has 0 aromatic heterocycles. The van der Waals surface area contributed by atoms with E-state index in [-0.39, 0.29) is 35.7 Å². The van der Waals surface area contributed by atoms with Crippen LogP contribution in [0, 0.1) is 5.82 Å². The molecule has 0 aliphatic carbocycles. The molecule has 7 nitrogen and oxygen atoms in total. The van der Waals surface area contributed by atoms with Crippen LogP contribution in [0.2, 0.25) is 0 Å². The Labute approximate surface area is 119 Å². The maximum atomic E-state index is 13.5. The average Bonchev–Trinajstić information content (AvgIpc) is 2.49. The number of rotatable bonds is 3. The Hall–Kier alpha value is -2.77. The third kappa shape index (κ3) is 3.41. The van der Waals surface area contributed by atoms with Crippen LogP contribution in [0.5, 0.6) is 0 Å². The van der Waals surface area contributed by atoms with Gasteiger partial charge in [0.15, 0.2) is 0 Å². The summed E-state index contributed by atoms with van der Waals surface area (Å²) in [6.45, 7) is 0. The maximum Gasteiger partial charge on any atom is 0.340 e. The van der Waals surface area contributed by atoms with Crippen LogP contribution >= 0.6 is 0 Å². The van der Waals surface area contributed by atoms with Gasteiger partial charge in [0.05, 0.1) is 12.7 Å². The number of hydrogen-bond donors (Lipinski definition) is 2. The van der Waals surface area contributed by atoms with Gasteiger partial charge in [-0.05, 0) is 18.2 Å². The fraction of sp³-hybridized carbons (Fsp3) is 0.231. The van der Waals surface area contributed by atoms with Gasteiger partial charge >= 0.3 is 5.97 Å². The smallest absolute Gasteiger partial charge is 0.340 e. The molecule has 2 N–H and O–H groups in total. The lowest BCUT2D eigenvalue weighted by atomic mass is 10.1. The van der Waals surface area contributed by atoms with Crippen molar-refractivity contribution in [1.82, 2.24) is 5.43 Å². The summed E-state index contributed by atoms with van der Waals surface area (Å²) in [7, 11) is 1.13. The van der Waals surface area contributed by atoms with E-state index in [9.17, 15) is 18.8 Å². The zero-order valence-electron chi connectivity index (χ0n) is 11.1. The normalized spacial score (nSPS) is 14.0. The van der Waals surface area contributed by atoms with Crippen LogP contribution in [0.1, 0.15) is 23.2 Å². The molecule has 0 saturated carbocycles. The Morgan fingerprint density at radius 2 is 2.14 bits per heavy atom. The van der Waals surface area contributed by atoms with Crippen molar-refractivity contribution in [1.29, 1.82) is 0 Å². The molecule has 2 rings (SSSR count). The number of hydrazone groups is 1. The van der Waals surface area contributed by atoms with Gasteiger partial charge in [0.2, 0.25) is 5.91 Å². The van der Waals surface area contributed by atoms with Crippen molar-refractivity contribution in [3.8, 4) is 0 Å². The zero-order chi connectivity index (χ0) is 15.4. The Morgan fingerprint density at radius 3 is 2.76 bits per heavy atom. The molecule has 0 fully saturated rings. The van der Waals surface area contributed by atoms with Gasteiger partial charge in [-0.1, -0.05) is 0 Å². The van der Waals surface area contributed by atoms with Crippen LogP contribution in [0.3, 0.4) is 0 Å². The Kier molecular flexibility index (Phi) is 4.27. The second-order valence-electron chi connectivity index (χ2n) is 4.23. The predicted molar refractivity (Wildman–Crippen MR) is 71.2 cm³/mol. The Bertz CT molecular complexity index is 642. The molecule has 1 aromatic rings. The fourth-order valence-electron chi connectivity index (χ4n) is 1.71. The third-order valence-electron chi connectivity index (χ3n) is 2.80. The number of hydrogen-bond acceptors (Lipinski definition) is 5. The van der Waals surface area contributed by atoms with E-state index in [1.54, 1.807) is 0 Å². The highest BCUT2D eigenvalue weighted by atomic mass is 19.1. The zero-order valence-corrected chi connectivity index (χ0v) is 11.1. The van der Waals surface area contributed by atoms with Crippen LogP contribution in [-0.2, 0) is 14.3 Å². The molecule has 1 aliphatic rings. The van der Waals surface area contributed by atoms with Gasteiger partial charge in [0.1, 0.15) is 11.5 Å². The molecule has 0 saturated heterocycles. The topological polar surface area (TPSA) is 96.9 Å². The monoisotopic (exact) mass is 293 g/mol. The van der Waals surface area contributed by atoms with Gasteiger partial charge in [0, 0.05) is 18.5 Å². The largest absolute Gasteiger partial charge is 0.465 e. The van der Waals surface area contributed by atoms with Crippen molar-refractivity contribution in [2.45, 2.75) is 12.8 Å². The number of ether oxygens (including phenoxy) is 1. The van der Waals surface area contributed by atoms with Crippen molar-refractivity contribution in [2.24, 2.45) is 5.10 Å². The fourth-order valence-corrected chi connectivity index (χ4v) is 1.71. The average molecular weight is 293 g/mol. The molecule has 21 heavy (non-hydrogen) atoms. The van der Waals surface area contributed by atoms with Crippen LogP contribution in [0.4, 0.5) is 10.1 Å². The highest BCUT2D eigenvalue weighted by molar-refractivity contribution is 6.43. The van der Waals surface area contributed by atoms with Crippen LogP contribution in [-0.4, -0.2) is 30.6 Å². The summed E-state index contributed by atoms with van der Waals surface area (Å²) in [4.78, 5) is 34.2. The number of nitrogens with zero attached hydrogens (tertiary/aromatic N) is 1. The summed E-state index contributed by atoms with van der Waals surface area (Å²) in [6, 6.07) is 3.52. The van der Waals surface area contributed by atoms with Gasteiger partial charge in [-0.2, -0.15) is 5.10 Å². The first-order valence-electron chi connectivity index (χ1n) is 6.06. The highest BCUT2D eigenvalue weighted by Crippen LogP contribution is 2.16. The molecule has 1 aliphatic heterocycles. The molecule has 0 unspecified atom stereocenters. The van der Waals surface area contributed by atoms with Gasteiger partial charge in [-0.15, -0.1) is 0 Å². The van der Waals surface area contributed by atoms with Crippen LogP contribution < -0.4 is 10.7 Å². The lowest BCUT2D eigenvalue weighted by Crippen LogP contribution is -2.32. The maximum absolute atomic E-state index is 13.5. The number of methoxy groups -OCH3 is 1. The molecule has 8 heteroatoms. The molecule has 1 aromatic carbocycles. The van der Waals surface area contributed by atoms with E-state index in [1.165, 1.54) is 12.1 Å².